The minimum absolute atomic E-state index is 0.410. The number of halogens is 1. The third kappa shape index (κ3) is 4.97. The molecule has 1 unspecified atom stereocenters. The summed E-state index contributed by atoms with van der Waals surface area (Å²) in [6.45, 7) is 5.01. The molecule has 0 aliphatic carbocycles. The molecule has 138 valence electrons. The highest BCUT2D eigenvalue weighted by Gasteiger charge is 2.23. The van der Waals surface area contributed by atoms with Crippen LogP contribution in [0.5, 0.6) is 0 Å². The van der Waals surface area contributed by atoms with Gasteiger partial charge in [-0.2, -0.15) is 0 Å². The van der Waals surface area contributed by atoms with E-state index in [0.717, 1.165) is 42.9 Å². The molecule has 3 rings (SSSR count). The Balaban J connectivity index is 1.47. The van der Waals surface area contributed by atoms with E-state index in [1.165, 1.54) is 16.8 Å². The van der Waals surface area contributed by atoms with Gasteiger partial charge in [-0.05, 0) is 61.2 Å². The molecule has 1 aliphatic heterocycles. The van der Waals surface area contributed by atoms with E-state index in [2.05, 4.69) is 78.7 Å². The maximum absolute atomic E-state index is 4.37. The van der Waals surface area contributed by atoms with Crippen LogP contribution in [0, 0.1) is 6.92 Å². The predicted molar refractivity (Wildman–Crippen MR) is 112 cm³/mol. The molecule has 2 heterocycles. The average molecular weight is 416 g/mol. The lowest BCUT2D eigenvalue weighted by molar-refractivity contribution is 0.648. The van der Waals surface area contributed by atoms with Crippen molar-refractivity contribution in [3.63, 3.8) is 0 Å². The van der Waals surface area contributed by atoms with Gasteiger partial charge in [-0.1, -0.05) is 15.9 Å². The first-order valence-corrected chi connectivity index (χ1v) is 9.82. The van der Waals surface area contributed by atoms with Crippen LogP contribution in [0.4, 0.5) is 5.69 Å². The van der Waals surface area contributed by atoms with E-state index in [0.29, 0.717) is 6.04 Å². The summed E-state index contributed by atoms with van der Waals surface area (Å²) < 4.78 is 1.11. The number of aromatic nitrogens is 1. The third-order valence-electron chi connectivity index (χ3n) is 4.77. The molecule has 5 nitrogen and oxygen atoms in total. The second-order valence-electron chi connectivity index (χ2n) is 6.60. The van der Waals surface area contributed by atoms with Gasteiger partial charge in [0.25, 0.3) is 0 Å². The zero-order valence-electron chi connectivity index (χ0n) is 15.4. The van der Waals surface area contributed by atoms with Gasteiger partial charge in [0.15, 0.2) is 5.96 Å². The van der Waals surface area contributed by atoms with E-state index in [1.807, 2.05) is 19.4 Å². The summed E-state index contributed by atoms with van der Waals surface area (Å²) in [5, 5.41) is 6.98. The Labute approximate surface area is 164 Å². The Kier molecular flexibility index (Phi) is 6.50. The largest absolute Gasteiger partial charge is 0.369 e. The molecule has 26 heavy (non-hydrogen) atoms. The van der Waals surface area contributed by atoms with Crippen molar-refractivity contribution in [2.75, 3.05) is 31.6 Å². The number of nitrogens with one attached hydrogen (secondary N) is 2. The van der Waals surface area contributed by atoms with E-state index in [4.69, 9.17) is 0 Å². The highest BCUT2D eigenvalue weighted by Crippen LogP contribution is 2.22. The maximum Gasteiger partial charge on any atom is 0.191 e. The van der Waals surface area contributed by atoms with Crippen LogP contribution in [-0.4, -0.2) is 43.7 Å². The minimum atomic E-state index is 0.410. The lowest BCUT2D eigenvalue weighted by Crippen LogP contribution is -2.45. The van der Waals surface area contributed by atoms with Gasteiger partial charge in [0.05, 0.1) is 0 Å². The number of aryl methyl sites for hydroxylation is 1. The van der Waals surface area contributed by atoms with Crippen LogP contribution in [0.3, 0.4) is 0 Å². The Bertz CT molecular complexity index is 744. The van der Waals surface area contributed by atoms with Crippen molar-refractivity contribution in [3.8, 4) is 0 Å². The van der Waals surface area contributed by atoms with Gasteiger partial charge in [0, 0.05) is 55.3 Å². The molecule has 1 aromatic carbocycles. The second-order valence-corrected chi connectivity index (χ2v) is 7.52. The van der Waals surface area contributed by atoms with E-state index in [1.54, 1.807) is 0 Å². The summed E-state index contributed by atoms with van der Waals surface area (Å²) in [7, 11) is 1.83. The molecule has 0 saturated carbocycles. The lowest BCUT2D eigenvalue weighted by atomic mass is 10.1. The van der Waals surface area contributed by atoms with Crippen LogP contribution in [-0.2, 0) is 6.42 Å². The Morgan fingerprint density at radius 3 is 2.85 bits per heavy atom. The molecule has 1 fully saturated rings. The van der Waals surface area contributed by atoms with Crippen molar-refractivity contribution < 1.29 is 0 Å². The first kappa shape index (κ1) is 18.7. The Morgan fingerprint density at radius 2 is 2.12 bits per heavy atom. The standard InChI is InChI=1S/C20H26BrN5/c1-15-13-23-10-7-16(15)8-11-24-20(22-2)25-18-9-12-26(14-18)19-5-3-17(21)4-6-19/h3-7,10,13,18H,8-9,11-12,14H2,1-2H3,(H2,22,24,25). The first-order valence-electron chi connectivity index (χ1n) is 9.03. The average Bonchev–Trinajstić information content (AvgIpc) is 3.11. The zero-order chi connectivity index (χ0) is 18.4. The number of pyridine rings is 1. The van der Waals surface area contributed by atoms with Crippen molar-refractivity contribution in [2.45, 2.75) is 25.8 Å². The molecule has 0 bridgehead atoms. The molecule has 1 aromatic heterocycles. The molecular weight excluding hydrogens is 390 g/mol. The zero-order valence-corrected chi connectivity index (χ0v) is 17.0. The van der Waals surface area contributed by atoms with E-state index in [-0.39, 0.29) is 0 Å². The van der Waals surface area contributed by atoms with Crippen LogP contribution in [0.15, 0.2) is 52.2 Å². The Hall–Kier alpha value is -2.08. The molecule has 1 aliphatic rings. The van der Waals surface area contributed by atoms with Crippen molar-refractivity contribution in [2.24, 2.45) is 4.99 Å². The van der Waals surface area contributed by atoms with Gasteiger partial charge in [-0.25, -0.2) is 0 Å². The first-order chi connectivity index (χ1) is 12.7. The van der Waals surface area contributed by atoms with E-state index >= 15 is 0 Å². The normalized spacial score (nSPS) is 17.4. The molecule has 0 spiro atoms. The van der Waals surface area contributed by atoms with Crippen molar-refractivity contribution in [1.82, 2.24) is 15.6 Å². The number of nitrogens with zero attached hydrogens (tertiary/aromatic N) is 3. The van der Waals surface area contributed by atoms with Crippen LogP contribution in [0.2, 0.25) is 0 Å². The minimum Gasteiger partial charge on any atom is -0.369 e. The summed E-state index contributed by atoms with van der Waals surface area (Å²) in [5.41, 5.74) is 3.83. The van der Waals surface area contributed by atoms with Gasteiger partial charge in [0.2, 0.25) is 0 Å². The quantitative estimate of drug-likeness (QED) is 0.581. The summed E-state index contributed by atoms with van der Waals surface area (Å²) in [6.07, 6.45) is 5.84. The summed E-state index contributed by atoms with van der Waals surface area (Å²) >= 11 is 3.49. The number of hydrogen-bond donors (Lipinski definition) is 2. The van der Waals surface area contributed by atoms with Crippen molar-refractivity contribution in [3.05, 3.63) is 58.3 Å². The molecule has 6 heteroatoms. The molecule has 1 atom stereocenters. The number of benzene rings is 1. The smallest absolute Gasteiger partial charge is 0.191 e. The van der Waals surface area contributed by atoms with Crippen LogP contribution in [0.25, 0.3) is 0 Å². The monoisotopic (exact) mass is 415 g/mol. The number of hydrogen-bond acceptors (Lipinski definition) is 3. The topological polar surface area (TPSA) is 52.6 Å². The summed E-state index contributed by atoms with van der Waals surface area (Å²) in [6, 6.07) is 11.0. The van der Waals surface area contributed by atoms with Gasteiger partial charge < -0.3 is 15.5 Å². The SMILES string of the molecule is CN=C(NCCc1ccncc1C)NC1CCN(c2ccc(Br)cc2)C1. The molecule has 2 aromatic rings. The van der Waals surface area contributed by atoms with Gasteiger partial charge in [-0.15, -0.1) is 0 Å². The number of rotatable bonds is 5. The second kappa shape index (κ2) is 9.03. The highest BCUT2D eigenvalue weighted by molar-refractivity contribution is 9.10. The van der Waals surface area contributed by atoms with Crippen LogP contribution < -0.4 is 15.5 Å². The fraction of sp³-hybridized carbons (Fsp3) is 0.400. The third-order valence-corrected chi connectivity index (χ3v) is 5.30. The van der Waals surface area contributed by atoms with Gasteiger partial charge in [0.1, 0.15) is 0 Å². The molecule has 0 amide bonds. The van der Waals surface area contributed by atoms with Crippen LogP contribution in [0.1, 0.15) is 17.5 Å². The molecule has 2 N–H and O–H groups in total. The van der Waals surface area contributed by atoms with E-state index in [9.17, 15) is 0 Å². The Morgan fingerprint density at radius 1 is 1.31 bits per heavy atom. The fourth-order valence-electron chi connectivity index (χ4n) is 3.25. The van der Waals surface area contributed by atoms with Crippen LogP contribution >= 0.6 is 15.9 Å². The van der Waals surface area contributed by atoms with Gasteiger partial charge >= 0.3 is 0 Å². The highest BCUT2D eigenvalue weighted by atomic mass is 79.9. The number of aliphatic imine (C=N–C) groups is 1. The molecular formula is C20H26BrN5. The van der Waals surface area contributed by atoms with E-state index < -0.39 is 0 Å². The fourth-order valence-corrected chi connectivity index (χ4v) is 3.52. The maximum atomic E-state index is 4.37. The van der Waals surface area contributed by atoms with Crippen molar-refractivity contribution in [1.29, 1.82) is 0 Å². The number of anilines is 1. The lowest BCUT2D eigenvalue weighted by Gasteiger charge is -2.20. The summed E-state index contributed by atoms with van der Waals surface area (Å²) in [5.74, 6) is 0.874. The predicted octanol–water partition coefficient (Wildman–Crippen LogP) is 3.14. The number of guanidine groups is 1. The molecule has 0 radical (unpaired) electrons. The van der Waals surface area contributed by atoms with Crippen molar-refractivity contribution >= 4 is 27.6 Å². The molecule has 1 saturated heterocycles. The van der Waals surface area contributed by atoms with Gasteiger partial charge in [-0.3, -0.25) is 9.98 Å². The summed E-state index contributed by atoms with van der Waals surface area (Å²) in [4.78, 5) is 10.9.